The summed E-state index contributed by atoms with van der Waals surface area (Å²) in [5.74, 6) is 1.44. The first-order valence-electron chi connectivity index (χ1n) is 7.70. The maximum atomic E-state index is 11.7. The van der Waals surface area contributed by atoms with Crippen molar-refractivity contribution in [3.63, 3.8) is 0 Å². The molecule has 1 N–H and O–H groups in total. The molecule has 6 heteroatoms. The first-order chi connectivity index (χ1) is 10.0. The quantitative estimate of drug-likeness (QED) is 0.890. The average molecular weight is 311 g/mol. The van der Waals surface area contributed by atoms with Gasteiger partial charge in [-0.15, -0.1) is 0 Å². The number of sulfone groups is 1. The van der Waals surface area contributed by atoms with E-state index in [2.05, 4.69) is 41.2 Å². The van der Waals surface area contributed by atoms with Crippen LogP contribution in [-0.2, 0) is 22.8 Å². The Bertz CT molecular complexity index is 572. The molecule has 0 unspecified atom stereocenters. The average Bonchev–Trinajstić information content (AvgIpc) is 2.65. The summed E-state index contributed by atoms with van der Waals surface area (Å²) in [7, 11) is -2.88. The predicted octanol–water partition coefficient (Wildman–Crippen LogP) is 1.38. The molecule has 1 aromatic heterocycles. The van der Waals surface area contributed by atoms with Crippen molar-refractivity contribution in [3.05, 3.63) is 23.4 Å². The van der Waals surface area contributed by atoms with E-state index in [1.165, 1.54) is 5.56 Å². The van der Waals surface area contributed by atoms with E-state index in [4.69, 9.17) is 0 Å². The minimum atomic E-state index is -2.88. The van der Waals surface area contributed by atoms with Gasteiger partial charge in [-0.2, -0.15) is 0 Å². The van der Waals surface area contributed by atoms with Crippen LogP contribution < -0.4 is 10.2 Å². The van der Waals surface area contributed by atoms with Crippen molar-refractivity contribution >= 4 is 15.7 Å². The van der Waals surface area contributed by atoms with Crippen LogP contribution >= 0.6 is 0 Å². The van der Waals surface area contributed by atoms with E-state index in [9.17, 15) is 8.42 Å². The SMILES string of the molecule is CCNCc1cc(CC)nc(N2CCCS(=O)(=O)CC2)c1. The van der Waals surface area contributed by atoms with E-state index in [1.807, 2.05) is 0 Å². The number of rotatable bonds is 5. The minimum absolute atomic E-state index is 0.230. The van der Waals surface area contributed by atoms with Gasteiger partial charge in [0.25, 0.3) is 0 Å². The van der Waals surface area contributed by atoms with Gasteiger partial charge in [-0.1, -0.05) is 13.8 Å². The summed E-state index contributed by atoms with van der Waals surface area (Å²) in [5.41, 5.74) is 2.28. The number of aromatic nitrogens is 1. The van der Waals surface area contributed by atoms with Gasteiger partial charge in [0.2, 0.25) is 0 Å². The number of hydrogen-bond acceptors (Lipinski definition) is 5. The first-order valence-corrected chi connectivity index (χ1v) is 9.52. The monoisotopic (exact) mass is 311 g/mol. The topological polar surface area (TPSA) is 62.3 Å². The Kier molecular flexibility index (Phi) is 5.58. The maximum Gasteiger partial charge on any atom is 0.152 e. The zero-order valence-corrected chi connectivity index (χ0v) is 13.7. The molecule has 1 aromatic rings. The van der Waals surface area contributed by atoms with Crippen molar-refractivity contribution in [3.8, 4) is 0 Å². The number of pyridine rings is 1. The van der Waals surface area contributed by atoms with E-state index in [0.717, 1.165) is 37.6 Å². The number of aryl methyl sites for hydroxylation is 1. The minimum Gasteiger partial charge on any atom is -0.356 e. The molecule has 0 radical (unpaired) electrons. The van der Waals surface area contributed by atoms with Gasteiger partial charge in [-0.3, -0.25) is 0 Å². The lowest BCUT2D eigenvalue weighted by atomic mass is 10.2. The van der Waals surface area contributed by atoms with Gasteiger partial charge >= 0.3 is 0 Å². The standard InChI is InChI=1S/C15H25N3O2S/c1-3-14-10-13(12-16-4-2)11-15(17-14)18-6-5-8-21(19,20)9-7-18/h10-11,16H,3-9,12H2,1-2H3. The normalized spacial score (nSPS) is 18.5. The summed E-state index contributed by atoms with van der Waals surface area (Å²) >= 11 is 0. The molecular weight excluding hydrogens is 286 g/mol. The van der Waals surface area contributed by atoms with Gasteiger partial charge in [-0.05, 0) is 37.1 Å². The molecule has 0 amide bonds. The third-order valence-corrected chi connectivity index (χ3v) is 5.46. The molecule has 0 aliphatic carbocycles. The van der Waals surface area contributed by atoms with Crippen LogP contribution in [0.15, 0.2) is 12.1 Å². The summed E-state index contributed by atoms with van der Waals surface area (Å²) in [6, 6.07) is 4.21. The summed E-state index contributed by atoms with van der Waals surface area (Å²) < 4.78 is 23.4. The van der Waals surface area contributed by atoms with E-state index in [0.29, 0.717) is 18.7 Å². The molecule has 118 valence electrons. The van der Waals surface area contributed by atoms with E-state index in [-0.39, 0.29) is 5.75 Å². The Morgan fingerprint density at radius 2 is 2.05 bits per heavy atom. The second-order valence-corrected chi connectivity index (χ2v) is 7.75. The molecule has 0 spiro atoms. The fourth-order valence-electron chi connectivity index (χ4n) is 2.52. The number of hydrogen-bond donors (Lipinski definition) is 1. The smallest absolute Gasteiger partial charge is 0.152 e. The van der Waals surface area contributed by atoms with Gasteiger partial charge in [0.05, 0.1) is 11.5 Å². The Balaban J connectivity index is 2.21. The fraction of sp³-hybridized carbons (Fsp3) is 0.667. The Morgan fingerprint density at radius 3 is 2.76 bits per heavy atom. The molecule has 21 heavy (non-hydrogen) atoms. The predicted molar refractivity (Wildman–Crippen MR) is 86.5 cm³/mol. The Labute approximate surface area is 127 Å². The highest BCUT2D eigenvalue weighted by Gasteiger charge is 2.20. The summed E-state index contributed by atoms with van der Waals surface area (Å²) in [6.07, 6.45) is 1.57. The van der Waals surface area contributed by atoms with Crippen molar-refractivity contribution in [1.29, 1.82) is 0 Å². The Hall–Kier alpha value is -1.14. The van der Waals surface area contributed by atoms with Crippen LogP contribution in [0, 0.1) is 0 Å². The second-order valence-electron chi connectivity index (χ2n) is 5.45. The zero-order chi connectivity index (χ0) is 15.3. The van der Waals surface area contributed by atoms with Crippen molar-refractivity contribution < 1.29 is 8.42 Å². The van der Waals surface area contributed by atoms with E-state index in [1.54, 1.807) is 0 Å². The summed E-state index contributed by atoms with van der Waals surface area (Å²) in [4.78, 5) is 6.79. The largest absolute Gasteiger partial charge is 0.356 e. The van der Waals surface area contributed by atoms with Crippen LogP contribution in [0.25, 0.3) is 0 Å². The molecule has 0 saturated carbocycles. The van der Waals surface area contributed by atoms with Gasteiger partial charge in [0.1, 0.15) is 5.82 Å². The Morgan fingerprint density at radius 1 is 1.24 bits per heavy atom. The molecule has 1 saturated heterocycles. The van der Waals surface area contributed by atoms with E-state index >= 15 is 0 Å². The van der Waals surface area contributed by atoms with Crippen LogP contribution in [-0.4, -0.2) is 44.5 Å². The third-order valence-electron chi connectivity index (χ3n) is 3.75. The van der Waals surface area contributed by atoms with Gasteiger partial charge in [-0.25, -0.2) is 13.4 Å². The van der Waals surface area contributed by atoms with Crippen LogP contribution in [0.3, 0.4) is 0 Å². The van der Waals surface area contributed by atoms with Crippen LogP contribution in [0.4, 0.5) is 5.82 Å². The third kappa shape index (κ3) is 4.68. The van der Waals surface area contributed by atoms with Crippen molar-refractivity contribution in [2.24, 2.45) is 0 Å². The zero-order valence-electron chi connectivity index (χ0n) is 12.9. The first kappa shape index (κ1) is 16.2. The molecule has 2 rings (SSSR count). The molecule has 0 aromatic carbocycles. The molecule has 2 heterocycles. The van der Waals surface area contributed by atoms with Crippen molar-refractivity contribution in [1.82, 2.24) is 10.3 Å². The van der Waals surface area contributed by atoms with Crippen LogP contribution in [0.2, 0.25) is 0 Å². The molecule has 0 atom stereocenters. The second kappa shape index (κ2) is 7.22. The maximum absolute atomic E-state index is 11.7. The summed E-state index contributed by atoms with van der Waals surface area (Å²) in [5, 5.41) is 3.33. The molecule has 0 bridgehead atoms. The van der Waals surface area contributed by atoms with Gasteiger partial charge in [0.15, 0.2) is 9.84 Å². The van der Waals surface area contributed by atoms with Crippen molar-refractivity contribution in [2.75, 3.05) is 36.0 Å². The summed E-state index contributed by atoms with van der Waals surface area (Å²) in [6.45, 7) is 7.24. The molecule has 1 aliphatic heterocycles. The number of anilines is 1. The lowest BCUT2D eigenvalue weighted by Gasteiger charge is -2.22. The number of nitrogens with one attached hydrogen (secondary N) is 1. The highest BCUT2D eigenvalue weighted by atomic mass is 32.2. The fourth-order valence-corrected chi connectivity index (χ4v) is 3.79. The lowest BCUT2D eigenvalue weighted by molar-refractivity contribution is 0.597. The molecule has 5 nitrogen and oxygen atoms in total. The van der Waals surface area contributed by atoms with E-state index < -0.39 is 9.84 Å². The molecular formula is C15H25N3O2S. The molecule has 1 fully saturated rings. The number of nitrogens with zero attached hydrogens (tertiary/aromatic N) is 2. The lowest BCUT2D eigenvalue weighted by Crippen LogP contribution is -2.28. The molecule has 1 aliphatic rings. The van der Waals surface area contributed by atoms with Gasteiger partial charge < -0.3 is 10.2 Å². The van der Waals surface area contributed by atoms with Crippen LogP contribution in [0.5, 0.6) is 0 Å². The highest BCUT2D eigenvalue weighted by Crippen LogP contribution is 2.18. The van der Waals surface area contributed by atoms with Crippen LogP contribution in [0.1, 0.15) is 31.5 Å². The van der Waals surface area contributed by atoms with Crippen molar-refractivity contribution in [2.45, 2.75) is 33.2 Å². The highest BCUT2D eigenvalue weighted by molar-refractivity contribution is 7.91. The van der Waals surface area contributed by atoms with Gasteiger partial charge in [0, 0.05) is 25.3 Å².